The molecule has 1 nitrogen and oxygen atoms in total. The summed E-state index contributed by atoms with van der Waals surface area (Å²) in [6, 6.07) is 0. The summed E-state index contributed by atoms with van der Waals surface area (Å²) in [5.41, 5.74) is 1.60. The SMILES string of the molecule is C=C1C(C)CCCC1(C)CCC=O. The van der Waals surface area contributed by atoms with Gasteiger partial charge in [0.15, 0.2) is 0 Å². The maximum absolute atomic E-state index is 10.3. The molecule has 13 heavy (non-hydrogen) atoms. The molecule has 2 unspecified atom stereocenters. The van der Waals surface area contributed by atoms with E-state index in [2.05, 4.69) is 20.4 Å². The number of hydrogen-bond donors (Lipinski definition) is 0. The quantitative estimate of drug-likeness (QED) is 0.481. The maximum Gasteiger partial charge on any atom is 0.120 e. The molecule has 0 radical (unpaired) electrons. The largest absolute Gasteiger partial charge is 0.303 e. The maximum atomic E-state index is 10.3. The molecule has 0 spiro atoms. The first-order valence-electron chi connectivity index (χ1n) is 5.23. The van der Waals surface area contributed by atoms with Crippen molar-refractivity contribution in [2.45, 2.75) is 46.0 Å². The van der Waals surface area contributed by atoms with E-state index >= 15 is 0 Å². The lowest BCUT2D eigenvalue weighted by Gasteiger charge is -2.39. The number of hydrogen-bond acceptors (Lipinski definition) is 1. The van der Waals surface area contributed by atoms with Crippen LogP contribution in [0, 0.1) is 11.3 Å². The van der Waals surface area contributed by atoms with Crippen molar-refractivity contribution in [2.75, 3.05) is 0 Å². The van der Waals surface area contributed by atoms with Crippen LogP contribution >= 0.6 is 0 Å². The third-order valence-electron chi connectivity index (χ3n) is 3.55. The van der Waals surface area contributed by atoms with E-state index in [0.29, 0.717) is 12.3 Å². The first-order chi connectivity index (χ1) is 6.10. The van der Waals surface area contributed by atoms with Gasteiger partial charge in [-0.1, -0.05) is 32.4 Å². The number of allylic oxidation sites excluding steroid dienone is 1. The molecular formula is C12H20O. The first kappa shape index (κ1) is 10.5. The number of carbonyl (C=O) groups excluding carboxylic acids is 1. The number of rotatable bonds is 3. The molecule has 0 amide bonds. The Morgan fingerprint density at radius 1 is 1.69 bits per heavy atom. The van der Waals surface area contributed by atoms with Crippen molar-refractivity contribution < 1.29 is 4.79 Å². The lowest BCUT2D eigenvalue weighted by molar-refractivity contribution is -0.108. The van der Waals surface area contributed by atoms with Gasteiger partial charge >= 0.3 is 0 Å². The van der Waals surface area contributed by atoms with Crippen molar-refractivity contribution in [2.24, 2.45) is 11.3 Å². The molecular weight excluding hydrogens is 160 g/mol. The van der Waals surface area contributed by atoms with Gasteiger partial charge in [0, 0.05) is 6.42 Å². The highest BCUT2D eigenvalue weighted by atomic mass is 16.1. The highest BCUT2D eigenvalue weighted by Crippen LogP contribution is 2.45. The van der Waals surface area contributed by atoms with Gasteiger partial charge in [-0.05, 0) is 30.6 Å². The molecule has 0 aromatic carbocycles. The lowest BCUT2D eigenvalue weighted by Crippen LogP contribution is -2.27. The van der Waals surface area contributed by atoms with Gasteiger partial charge in [-0.2, -0.15) is 0 Å². The fraction of sp³-hybridized carbons (Fsp3) is 0.750. The van der Waals surface area contributed by atoms with Gasteiger partial charge in [-0.3, -0.25) is 0 Å². The second-order valence-corrected chi connectivity index (χ2v) is 4.58. The average Bonchev–Trinajstić information content (AvgIpc) is 2.11. The molecule has 0 heterocycles. The van der Waals surface area contributed by atoms with Crippen molar-refractivity contribution in [1.29, 1.82) is 0 Å². The Bertz CT molecular complexity index is 207. The van der Waals surface area contributed by atoms with E-state index in [4.69, 9.17) is 0 Å². The van der Waals surface area contributed by atoms with Gasteiger partial charge in [-0.15, -0.1) is 0 Å². The summed E-state index contributed by atoms with van der Waals surface area (Å²) < 4.78 is 0. The van der Waals surface area contributed by atoms with E-state index in [-0.39, 0.29) is 5.41 Å². The Labute approximate surface area is 81.2 Å². The van der Waals surface area contributed by atoms with Crippen molar-refractivity contribution in [1.82, 2.24) is 0 Å². The molecule has 0 saturated heterocycles. The van der Waals surface area contributed by atoms with Crippen molar-refractivity contribution in [3.63, 3.8) is 0 Å². The van der Waals surface area contributed by atoms with Crippen LogP contribution in [0.15, 0.2) is 12.2 Å². The predicted octanol–water partition coefficient (Wildman–Crippen LogP) is 3.35. The van der Waals surface area contributed by atoms with E-state index in [1.807, 2.05) is 0 Å². The molecule has 1 fully saturated rings. The molecule has 1 aliphatic rings. The Morgan fingerprint density at radius 3 is 3.00 bits per heavy atom. The second-order valence-electron chi connectivity index (χ2n) is 4.58. The zero-order chi connectivity index (χ0) is 9.90. The van der Waals surface area contributed by atoms with Crippen LogP contribution < -0.4 is 0 Å². The second kappa shape index (κ2) is 4.08. The van der Waals surface area contributed by atoms with Crippen LogP contribution in [-0.4, -0.2) is 6.29 Å². The summed E-state index contributed by atoms with van der Waals surface area (Å²) in [6.07, 6.45) is 6.47. The minimum absolute atomic E-state index is 0.235. The first-order valence-corrected chi connectivity index (χ1v) is 5.23. The fourth-order valence-corrected chi connectivity index (χ4v) is 2.39. The van der Waals surface area contributed by atoms with Crippen LogP contribution in [0.25, 0.3) is 0 Å². The summed E-state index contributed by atoms with van der Waals surface area (Å²) in [6.45, 7) is 8.69. The van der Waals surface area contributed by atoms with Crippen LogP contribution in [0.4, 0.5) is 0 Å². The van der Waals surface area contributed by atoms with Crippen LogP contribution in [0.2, 0.25) is 0 Å². The summed E-state index contributed by atoms with van der Waals surface area (Å²) in [5, 5.41) is 0. The van der Waals surface area contributed by atoms with E-state index in [0.717, 1.165) is 12.7 Å². The molecule has 74 valence electrons. The highest BCUT2D eigenvalue weighted by molar-refractivity contribution is 5.49. The fourth-order valence-electron chi connectivity index (χ4n) is 2.39. The van der Waals surface area contributed by atoms with Crippen molar-refractivity contribution in [3.8, 4) is 0 Å². The smallest absolute Gasteiger partial charge is 0.120 e. The summed E-state index contributed by atoms with van der Waals surface area (Å²) in [7, 11) is 0. The van der Waals surface area contributed by atoms with Crippen LogP contribution in [0.3, 0.4) is 0 Å². The van der Waals surface area contributed by atoms with Crippen molar-refractivity contribution in [3.05, 3.63) is 12.2 Å². The van der Waals surface area contributed by atoms with Crippen molar-refractivity contribution >= 4 is 6.29 Å². The predicted molar refractivity (Wildman–Crippen MR) is 55.6 cm³/mol. The minimum Gasteiger partial charge on any atom is -0.303 e. The van der Waals surface area contributed by atoms with Gasteiger partial charge in [0.05, 0.1) is 0 Å². The van der Waals surface area contributed by atoms with E-state index in [1.165, 1.54) is 24.8 Å². The normalized spacial score (nSPS) is 34.6. The van der Waals surface area contributed by atoms with Gasteiger partial charge in [0.1, 0.15) is 6.29 Å². The minimum atomic E-state index is 0.235. The molecule has 1 heteroatoms. The van der Waals surface area contributed by atoms with E-state index in [1.54, 1.807) is 0 Å². The molecule has 0 N–H and O–H groups in total. The van der Waals surface area contributed by atoms with Gasteiger partial charge in [0.25, 0.3) is 0 Å². The Balaban J connectivity index is 2.63. The molecule has 0 aliphatic heterocycles. The molecule has 0 aromatic heterocycles. The molecule has 1 rings (SSSR count). The number of carbonyl (C=O) groups is 1. The average molecular weight is 180 g/mol. The Kier molecular flexibility index (Phi) is 3.29. The van der Waals surface area contributed by atoms with Crippen LogP contribution in [0.1, 0.15) is 46.0 Å². The van der Waals surface area contributed by atoms with Crippen LogP contribution in [-0.2, 0) is 4.79 Å². The third kappa shape index (κ3) is 2.20. The summed E-state index contributed by atoms with van der Waals surface area (Å²) >= 11 is 0. The van der Waals surface area contributed by atoms with E-state index in [9.17, 15) is 4.79 Å². The molecule has 0 bridgehead atoms. The zero-order valence-corrected chi connectivity index (χ0v) is 8.81. The van der Waals surface area contributed by atoms with Gasteiger partial charge in [-0.25, -0.2) is 0 Å². The monoisotopic (exact) mass is 180 g/mol. The molecule has 2 atom stereocenters. The third-order valence-corrected chi connectivity index (χ3v) is 3.55. The summed E-state index contributed by atoms with van der Waals surface area (Å²) in [4.78, 5) is 10.3. The van der Waals surface area contributed by atoms with E-state index < -0.39 is 0 Å². The number of aldehydes is 1. The Hall–Kier alpha value is -0.590. The Morgan fingerprint density at radius 2 is 2.38 bits per heavy atom. The van der Waals surface area contributed by atoms with Gasteiger partial charge < -0.3 is 4.79 Å². The topological polar surface area (TPSA) is 17.1 Å². The highest BCUT2D eigenvalue weighted by Gasteiger charge is 2.33. The molecule has 1 aliphatic carbocycles. The lowest BCUT2D eigenvalue weighted by atomic mass is 9.66. The summed E-state index contributed by atoms with van der Waals surface area (Å²) in [5.74, 6) is 0.644. The van der Waals surface area contributed by atoms with Gasteiger partial charge in [0.2, 0.25) is 0 Å². The van der Waals surface area contributed by atoms with Crippen LogP contribution in [0.5, 0.6) is 0 Å². The molecule has 0 aromatic rings. The molecule has 1 saturated carbocycles. The standard InChI is InChI=1S/C12H20O/c1-10-6-4-7-12(3,11(10)2)8-5-9-13/h9-10H,2,4-8H2,1,3H3. The zero-order valence-electron chi connectivity index (χ0n) is 8.81.